The number of amides is 1. The van der Waals surface area contributed by atoms with Gasteiger partial charge in [0.05, 0.1) is 4.90 Å². The van der Waals surface area contributed by atoms with Crippen molar-refractivity contribution in [3.05, 3.63) is 29.8 Å². The van der Waals surface area contributed by atoms with Gasteiger partial charge in [-0.25, -0.2) is 8.42 Å². The molecule has 1 unspecified atom stereocenters. The third-order valence-corrected chi connectivity index (χ3v) is 6.07. The first kappa shape index (κ1) is 17.9. The molecule has 0 aliphatic carbocycles. The summed E-state index contributed by atoms with van der Waals surface area (Å²) < 4.78 is 27.1. The Balaban J connectivity index is 2.19. The van der Waals surface area contributed by atoms with Crippen molar-refractivity contribution in [3.8, 4) is 0 Å². The van der Waals surface area contributed by atoms with E-state index in [4.69, 9.17) is 5.11 Å². The normalized spacial score (nSPS) is 19.5. The van der Waals surface area contributed by atoms with Crippen molar-refractivity contribution in [1.29, 1.82) is 0 Å². The number of nitrogens with zero attached hydrogens (tertiary/aromatic N) is 1. The molecule has 1 fully saturated rings. The molecule has 1 saturated heterocycles. The summed E-state index contributed by atoms with van der Waals surface area (Å²) in [7, 11) is -3.58. The average Bonchev–Trinajstić information content (AvgIpc) is 2.55. The van der Waals surface area contributed by atoms with Gasteiger partial charge in [-0.3, -0.25) is 4.79 Å². The van der Waals surface area contributed by atoms with Crippen molar-refractivity contribution in [2.75, 3.05) is 19.7 Å². The number of piperidine rings is 1. The minimum absolute atomic E-state index is 0.00154. The lowest BCUT2D eigenvalue weighted by Gasteiger charge is -2.32. The van der Waals surface area contributed by atoms with Gasteiger partial charge in [-0.15, -0.1) is 0 Å². The van der Waals surface area contributed by atoms with Crippen molar-refractivity contribution >= 4 is 15.9 Å². The Bertz CT molecular complexity index is 645. The third kappa shape index (κ3) is 4.31. The molecule has 6 nitrogen and oxygen atoms in total. The fourth-order valence-electron chi connectivity index (χ4n) is 2.75. The van der Waals surface area contributed by atoms with Crippen LogP contribution < -0.4 is 5.32 Å². The van der Waals surface area contributed by atoms with Crippen molar-refractivity contribution in [3.63, 3.8) is 0 Å². The minimum atomic E-state index is -3.58. The first-order chi connectivity index (χ1) is 11.0. The molecule has 1 amide bonds. The molecule has 1 atom stereocenters. The maximum atomic E-state index is 12.8. The summed E-state index contributed by atoms with van der Waals surface area (Å²) in [4.78, 5) is 12.2. The summed E-state index contributed by atoms with van der Waals surface area (Å²) in [5.74, 6) is -0.331. The molecule has 1 aliphatic rings. The molecular weight excluding hydrogens is 316 g/mol. The first-order valence-corrected chi connectivity index (χ1v) is 9.42. The van der Waals surface area contributed by atoms with Crippen LogP contribution in [0.5, 0.6) is 0 Å². The van der Waals surface area contributed by atoms with Crippen LogP contribution in [0.3, 0.4) is 0 Å². The predicted molar refractivity (Wildman–Crippen MR) is 87.7 cm³/mol. The summed E-state index contributed by atoms with van der Waals surface area (Å²) in [6.07, 6.45) is 3.24. The molecule has 2 rings (SSSR count). The van der Waals surface area contributed by atoms with Crippen molar-refractivity contribution in [2.45, 2.75) is 43.5 Å². The highest BCUT2D eigenvalue weighted by atomic mass is 32.2. The van der Waals surface area contributed by atoms with Crippen LogP contribution >= 0.6 is 0 Å². The van der Waals surface area contributed by atoms with E-state index in [-0.39, 0.29) is 23.5 Å². The zero-order chi connectivity index (χ0) is 16.9. The maximum absolute atomic E-state index is 12.8. The van der Waals surface area contributed by atoms with Crippen LogP contribution in [0.15, 0.2) is 29.2 Å². The molecule has 0 spiro atoms. The lowest BCUT2D eigenvalue weighted by atomic mass is 10.1. The predicted octanol–water partition coefficient (Wildman–Crippen LogP) is 1.36. The molecule has 1 aromatic carbocycles. The van der Waals surface area contributed by atoms with Gasteiger partial charge in [0.2, 0.25) is 10.0 Å². The summed E-state index contributed by atoms with van der Waals surface area (Å²) in [6, 6.07) is 6.11. The molecule has 0 bridgehead atoms. The number of benzene rings is 1. The van der Waals surface area contributed by atoms with E-state index >= 15 is 0 Å². The van der Waals surface area contributed by atoms with Crippen LogP contribution in [-0.2, 0) is 10.0 Å². The topological polar surface area (TPSA) is 86.7 Å². The Morgan fingerprint density at radius 1 is 1.39 bits per heavy atom. The van der Waals surface area contributed by atoms with Crippen LogP contribution in [-0.4, -0.2) is 49.5 Å². The summed E-state index contributed by atoms with van der Waals surface area (Å²) in [6.45, 7) is 2.80. The van der Waals surface area contributed by atoms with Gasteiger partial charge in [0.25, 0.3) is 5.91 Å². The fourth-order valence-corrected chi connectivity index (χ4v) is 4.49. The smallest absolute Gasteiger partial charge is 0.251 e. The SMILES string of the molecule is CC1CCCCN1S(=O)(=O)c1cccc(C(=O)NCCCO)c1. The van der Waals surface area contributed by atoms with Gasteiger partial charge in [0, 0.05) is 31.3 Å². The van der Waals surface area contributed by atoms with Crippen molar-refractivity contribution < 1.29 is 18.3 Å². The van der Waals surface area contributed by atoms with Gasteiger partial charge in [0.1, 0.15) is 0 Å². The number of carbonyl (C=O) groups excluding carboxylic acids is 1. The number of sulfonamides is 1. The first-order valence-electron chi connectivity index (χ1n) is 7.98. The lowest BCUT2D eigenvalue weighted by Crippen LogP contribution is -2.42. The molecular formula is C16H24N2O4S. The summed E-state index contributed by atoms with van der Waals surface area (Å²) in [5.41, 5.74) is 0.314. The standard InChI is InChI=1S/C16H24N2O4S/c1-13-6-2-3-10-18(13)23(21,22)15-8-4-7-14(12-15)16(20)17-9-5-11-19/h4,7-8,12-13,19H,2-3,5-6,9-11H2,1H3,(H,17,20). The molecule has 1 aliphatic heterocycles. The maximum Gasteiger partial charge on any atom is 0.251 e. The highest BCUT2D eigenvalue weighted by Crippen LogP contribution is 2.25. The van der Waals surface area contributed by atoms with E-state index in [2.05, 4.69) is 5.32 Å². The van der Waals surface area contributed by atoms with Gasteiger partial charge < -0.3 is 10.4 Å². The van der Waals surface area contributed by atoms with Crippen LogP contribution in [0.4, 0.5) is 0 Å². The van der Waals surface area contributed by atoms with Crippen molar-refractivity contribution in [2.24, 2.45) is 0 Å². The van der Waals surface area contributed by atoms with E-state index in [1.54, 1.807) is 12.1 Å². The zero-order valence-electron chi connectivity index (χ0n) is 13.4. The molecule has 7 heteroatoms. The molecule has 0 aromatic heterocycles. The van der Waals surface area contributed by atoms with Gasteiger partial charge in [-0.2, -0.15) is 4.31 Å². The molecule has 0 radical (unpaired) electrons. The number of aliphatic hydroxyl groups excluding tert-OH is 1. The van der Waals surface area contributed by atoms with E-state index in [9.17, 15) is 13.2 Å². The Morgan fingerprint density at radius 2 is 2.17 bits per heavy atom. The Kier molecular flexibility index (Phi) is 6.15. The second-order valence-electron chi connectivity index (χ2n) is 5.82. The van der Waals surface area contributed by atoms with Crippen molar-refractivity contribution in [1.82, 2.24) is 9.62 Å². The molecule has 128 valence electrons. The van der Waals surface area contributed by atoms with E-state index in [0.29, 0.717) is 25.1 Å². The van der Waals surface area contributed by atoms with E-state index in [1.165, 1.54) is 16.4 Å². The molecule has 0 saturated carbocycles. The molecule has 1 aromatic rings. The summed E-state index contributed by atoms with van der Waals surface area (Å²) >= 11 is 0. The molecule has 2 N–H and O–H groups in total. The molecule has 23 heavy (non-hydrogen) atoms. The highest BCUT2D eigenvalue weighted by Gasteiger charge is 2.31. The molecule has 1 heterocycles. The van der Waals surface area contributed by atoms with E-state index < -0.39 is 10.0 Å². The van der Waals surface area contributed by atoms with Crippen LogP contribution in [0.1, 0.15) is 43.0 Å². The second kappa shape index (κ2) is 7.90. The minimum Gasteiger partial charge on any atom is -0.396 e. The number of hydrogen-bond acceptors (Lipinski definition) is 4. The zero-order valence-corrected chi connectivity index (χ0v) is 14.2. The van der Waals surface area contributed by atoms with Gasteiger partial charge in [-0.1, -0.05) is 12.5 Å². The Labute approximate surface area is 137 Å². The lowest BCUT2D eigenvalue weighted by molar-refractivity contribution is 0.0951. The second-order valence-corrected chi connectivity index (χ2v) is 7.71. The number of hydrogen-bond donors (Lipinski definition) is 2. The average molecular weight is 340 g/mol. The monoisotopic (exact) mass is 340 g/mol. The number of rotatable bonds is 6. The van der Waals surface area contributed by atoms with E-state index in [1.807, 2.05) is 6.92 Å². The van der Waals surface area contributed by atoms with Crippen LogP contribution in [0.25, 0.3) is 0 Å². The number of carbonyl (C=O) groups is 1. The van der Waals surface area contributed by atoms with Gasteiger partial charge >= 0.3 is 0 Å². The highest BCUT2D eigenvalue weighted by molar-refractivity contribution is 7.89. The largest absolute Gasteiger partial charge is 0.396 e. The fraction of sp³-hybridized carbons (Fsp3) is 0.562. The van der Waals surface area contributed by atoms with Gasteiger partial charge in [0.15, 0.2) is 0 Å². The van der Waals surface area contributed by atoms with Gasteiger partial charge in [-0.05, 0) is 44.4 Å². The Hall–Kier alpha value is -1.44. The Morgan fingerprint density at radius 3 is 2.87 bits per heavy atom. The number of aliphatic hydroxyl groups is 1. The van der Waals surface area contributed by atoms with Crippen LogP contribution in [0.2, 0.25) is 0 Å². The van der Waals surface area contributed by atoms with E-state index in [0.717, 1.165) is 19.3 Å². The summed E-state index contributed by atoms with van der Waals surface area (Å²) in [5, 5.41) is 11.4. The third-order valence-electron chi connectivity index (χ3n) is 4.07. The number of nitrogens with one attached hydrogen (secondary N) is 1. The van der Waals surface area contributed by atoms with Crippen LogP contribution in [0, 0.1) is 0 Å². The quantitative estimate of drug-likeness (QED) is 0.766.